The molecule has 0 radical (unpaired) electrons. The summed E-state index contributed by atoms with van der Waals surface area (Å²) in [4.78, 5) is 25.8. The van der Waals surface area contributed by atoms with Crippen molar-refractivity contribution in [3.05, 3.63) is 53.9 Å². The van der Waals surface area contributed by atoms with Crippen molar-refractivity contribution in [3.8, 4) is 5.75 Å². The van der Waals surface area contributed by atoms with Crippen molar-refractivity contribution in [2.24, 2.45) is 33.5 Å². The van der Waals surface area contributed by atoms with Gasteiger partial charge in [-0.15, -0.1) is 0 Å². The lowest BCUT2D eigenvalue weighted by molar-refractivity contribution is -0.202. The number of nitrogens with one attached hydrogen (secondary N) is 1. The molecule has 7 heteroatoms. The van der Waals surface area contributed by atoms with Crippen LogP contribution in [0.2, 0.25) is 0 Å². The average molecular weight is 526 g/mol. The fourth-order valence-corrected chi connectivity index (χ4v) is 9.35. The van der Waals surface area contributed by atoms with Crippen molar-refractivity contribution in [1.29, 1.82) is 0 Å². The molecule has 4 saturated carbocycles. The van der Waals surface area contributed by atoms with Crippen LogP contribution in [0.15, 0.2) is 48.1 Å². The maximum absolute atomic E-state index is 17.3. The minimum atomic E-state index is -1.87. The Labute approximate surface area is 222 Å². The van der Waals surface area contributed by atoms with Crippen LogP contribution in [0.1, 0.15) is 59.3 Å². The molecular formula is C31H37F2NO4. The molecule has 0 bridgehead atoms. The van der Waals surface area contributed by atoms with Crippen molar-refractivity contribution in [2.75, 3.05) is 13.2 Å². The van der Waals surface area contributed by atoms with Crippen LogP contribution >= 0.6 is 0 Å². The lowest BCUT2D eigenvalue weighted by Gasteiger charge is -2.62. The van der Waals surface area contributed by atoms with Gasteiger partial charge in [0.2, 0.25) is 5.91 Å². The van der Waals surface area contributed by atoms with Crippen molar-refractivity contribution in [1.82, 2.24) is 5.32 Å². The Morgan fingerprint density at radius 1 is 1.16 bits per heavy atom. The molecule has 1 aromatic rings. The first-order chi connectivity index (χ1) is 17.9. The first kappa shape index (κ1) is 25.7. The first-order valence-electron chi connectivity index (χ1n) is 13.9. The van der Waals surface area contributed by atoms with E-state index >= 15 is 4.39 Å². The van der Waals surface area contributed by atoms with Crippen LogP contribution in [0.3, 0.4) is 0 Å². The number of fused-ring (bicyclic) bond motifs is 7. The molecule has 0 spiro atoms. The Balaban J connectivity index is 1.18. The zero-order chi connectivity index (χ0) is 27.1. The molecule has 0 aromatic heterocycles. The molecule has 0 saturated heterocycles. The third-order valence-electron chi connectivity index (χ3n) is 11.3. The monoisotopic (exact) mass is 525 g/mol. The second-order valence-corrected chi connectivity index (χ2v) is 13.0. The van der Waals surface area contributed by atoms with Crippen LogP contribution in [0.5, 0.6) is 5.75 Å². The van der Waals surface area contributed by atoms with Gasteiger partial charge in [0.15, 0.2) is 11.5 Å². The molecule has 0 aliphatic heterocycles. The van der Waals surface area contributed by atoms with Crippen molar-refractivity contribution < 1.29 is 28.2 Å². The summed E-state index contributed by atoms with van der Waals surface area (Å²) in [6.45, 7) is 6.92. The number of aliphatic hydroxyl groups is 1. The Bertz CT molecular complexity index is 1240. The Morgan fingerprint density at radius 3 is 2.63 bits per heavy atom. The van der Waals surface area contributed by atoms with Gasteiger partial charge in [0.05, 0.1) is 18.1 Å². The Morgan fingerprint density at radius 2 is 1.89 bits per heavy atom. The summed E-state index contributed by atoms with van der Waals surface area (Å²) in [5.74, 6) is -0.262. The van der Waals surface area contributed by atoms with E-state index in [1.54, 1.807) is 24.3 Å². The number of allylic oxidation sites excluding steroid dienone is 4. The van der Waals surface area contributed by atoms with Crippen LogP contribution in [-0.2, 0) is 9.59 Å². The molecule has 2 N–H and O–H groups in total. The molecule has 8 atom stereocenters. The van der Waals surface area contributed by atoms with Crippen LogP contribution in [0.4, 0.5) is 8.78 Å². The van der Waals surface area contributed by atoms with Crippen LogP contribution in [0.25, 0.3) is 0 Å². The summed E-state index contributed by atoms with van der Waals surface area (Å²) in [6, 6.07) is 5.85. The standard InChI is InChI=1S/C31H37F2NO4/c1-27-16-24-23-10-5-19-15-21(35)11-12-28(19,2)31(23,33)25(36)17-29(24,3)30(27,18-27)26(37)34-13-4-14-38-22-8-6-20(32)7-9-22/h6-9,11-12,15,23-25,36H,4-5,10,13-14,16-18H2,1-3H3,(H,34,37)/t23-,24-,25-,27+,28-,29-,30-,31-/m0/s1. The van der Waals surface area contributed by atoms with Crippen molar-refractivity contribution in [2.45, 2.75) is 71.1 Å². The molecule has 5 nitrogen and oxygen atoms in total. The zero-order valence-electron chi connectivity index (χ0n) is 22.4. The molecule has 0 unspecified atom stereocenters. The summed E-state index contributed by atoms with van der Waals surface area (Å²) >= 11 is 0. The number of hydrogen-bond donors (Lipinski definition) is 2. The molecule has 6 rings (SSSR count). The predicted octanol–water partition coefficient (Wildman–Crippen LogP) is 5.09. The van der Waals surface area contributed by atoms with Gasteiger partial charge < -0.3 is 15.2 Å². The highest BCUT2D eigenvalue weighted by atomic mass is 19.1. The number of carbonyl (C=O) groups is 2. The van der Waals surface area contributed by atoms with Crippen LogP contribution < -0.4 is 10.1 Å². The Kier molecular flexibility index (Phi) is 5.57. The number of hydrogen-bond acceptors (Lipinski definition) is 4. The van der Waals surface area contributed by atoms with E-state index in [1.807, 2.05) is 6.92 Å². The lowest BCUT2D eigenvalue weighted by atomic mass is 9.44. The van der Waals surface area contributed by atoms with Gasteiger partial charge in [-0.2, -0.15) is 0 Å². The normalized spacial score (nSPS) is 44.3. The summed E-state index contributed by atoms with van der Waals surface area (Å²) < 4.78 is 36.0. The van der Waals surface area contributed by atoms with E-state index in [9.17, 15) is 19.1 Å². The maximum Gasteiger partial charge on any atom is 0.227 e. The largest absolute Gasteiger partial charge is 0.494 e. The van der Waals surface area contributed by atoms with Gasteiger partial charge in [-0.3, -0.25) is 9.59 Å². The molecule has 4 fully saturated rings. The highest BCUT2D eigenvalue weighted by Crippen LogP contribution is 2.86. The van der Waals surface area contributed by atoms with Gasteiger partial charge in [0.25, 0.3) is 0 Å². The predicted molar refractivity (Wildman–Crippen MR) is 138 cm³/mol. The fourth-order valence-electron chi connectivity index (χ4n) is 9.35. The first-order valence-corrected chi connectivity index (χ1v) is 13.9. The van der Waals surface area contributed by atoms with E-state index in [1.165, 1.54) is 18.2 Å². The average Bonchev–Trinajstić information content (AvgIpc) is 3.46. The highest BCUT2D eigenvalue weighted by Gasteiger charge is 2.86. The number of ketones is 1. The minimum Gasteiger partial charge on any atom is -0.494 e. The van der Waals surface area contributed by atoms with Gasteiger partial charge >= 0.3 is 0 Å². The van der Waals surface area contributed by atoms with E-state index in [2.05, 4.69) is 19.2 Å². The van der Waals surface area contributed by atoms with Gasteiger partial charge in [-0.1, -0.05) is 25.5 Å². The summed E-state index contributed by atoms with van der Waals surface area (Å²) in [5, 5.41) is 14.7. The summed E-state index contributed by atoms with van der Waals surface area (Å²) in [6.07, 6.45) is 7.01. The van der Waals surface area contributed by atoms with E-state index in [-0.39, 0.29) is 41.2 Å². The van der Waals surface area contributed by atoms with E-state index in [4.69, 9.17) is 4.74 Å². The number of rotatable bonds is 6. The molecule has 1 aromatic carbocycles. The van der Waals surface area contributed by atoms with Crippen LogP contribution in [0, 0.1) is 39.3 Å². The van der Waals surface area contributed by atoms with E-state index in [0.29, 0.717) is 38.2 Å². The highest BCUT2D eigenvalue weighted by molar-refractivity contribution is 6.01. The molecular weight excluding hydrogens is 488 g/mol. The Hall–Kier alpha value is -2.54. The molecule has 5 aliphatic rings. The van der Waals surface area contributed by atoms with Gasteiger partial charge in [-0.05, 0) is 98.6 Å². The smallest absolute Gasteiger partial charge is 0.227 e. The number of alkyl halides is 1. The number of benzene rings is 1. The van der Waals surface area contributed by atoms with E-state index in [0.717, 1.165) is 18.4 Å². The molecule has 5 aliphatic carbocycles. The SMILES string of the molecule is C[C@]12C[C@H]3[C@@H]4CCC5=CC(=O)C=C[C@]5(C)[C@@]4(F)[C@@H](O)C[C@]3(C)[C@]1(C(=O)NCCCOc1ccc(F)cc1)C2. The minimum absolute atomic E-state index is 0.00361. The quantitative estimate of drug-likeness (QED) is 0.508. The van der Waals surface area contributed by atoms with Crippen molar-refractivity contribution >= 4 is 11.7 Å². The third-order valence-corrected chi connectivity index (χ3v) is 11.3. The van der Waals surface area contributed by atoms with Gasteiger partial charge in [-0.25, -0.2) is 8.78 Å². The fraction of sp³-hybridized carbons (Fsp3) is 0.613. The van der Waals surface area contributed by atoms with Crippen LogP contribution in [-0.4, -0.2) is 41.7 Å². The molecule has 204 valence electrons. The second kappa shape index (κ2) is 8.23. The maximum atomic E-state index is 17.3. The number of ether oxygens (including phenoxy) is 1. The molecule has 0 heterocycles. The van der Waals surface area contributed by atoms with Gasteiger partial charge in [0, 0.05) is 17.9 Å². The number of amides is 1. The summed E-state index contributed by atoms with van der Waals surface area (Å²) in [5.41, 5.74) is -3.47. The van der Waals surface area contributed by atoms with Gasteiger partial charge in [0.1, 0.15) is 11.6 Å². The molecule has 38 heavy (non-hydrogen) atoms. The second-order valence-electron chi connectivity index (χ2n) is 13.0. The number of aliphatic hydroxyl groups excluding tert-OH is 1. The number of halogens is 2. The lowest BCUT2D eigenvalue weighted by Crippen LogP contribution is -2.67. The zero-order valence-corrected chi connectivity index (χ0v) is 22.4. The molecule has 1 amide bonds. The van der Waals surface area contributed by atoms with Crippen molar-refractivity contribution in [3.63, 3.8) is 0 Å². The number of carbonyl (C=O) groups excluding carboxylic acids is 2. The summed E-state index contributed by atoms with van der Waals surface area (Å²) in [7, 11) is 0. The third kappa shape index (κ3) is 3.17. The topological polar surface area (TPSA) is 75.6 Å². The van der Waals surface area contributed by atoms with E-state index < -0.39 is 28.0 Å².